The number of ether oxygens (including phenoxy) is 1. The van der Waals surface area contributed by atoms with Gasteiger partial charge in [-0.15, -0.1) is 23.5 Å². The summed E-state index contributed by atoms with van der Waals surface area (Å²) in [5.74, 6) is 2.28. The molecule has 2 heterocycles. The highest BCUT2D eigenvalue weighted by Gasteiger charge is 2.45. The third kappa shape index (κ3) is 4.18. The minimum absolute atomic E-state index is 0.121. The molecule has 5 heteroatoms. The molecule has 0 amide bonds. The van der Waals surface area contributed by atoms with Crippen molar-refractivity contribution in [3.8, 4) is 0 Å². The van der Waals surface area contributed by atoms with Gasteiger partial charge in [0.25, 0.3) is 0 Å². The highest BCUT2D eigenvalue weighted by atomic mass is 32.2. The van der Waals surface area contributed by atoms with Crippen LogP contribution in [0.25, 0.3) is 0 Å². The molecular weight excluding hydrogens is 290 g/mol. The summed E-state index contributed by atoms with van der Waals surface area (Å²) in [4.78, 5) is 11.9. The van der Waals surface area contributed by atoms with Crippen LogP contribution in [0.5, 0.6) is 0 Å². The molecule has 0 aromatic heterocycles. The predicted octanol–water partition coefficient (Wildman–Crippen LogP) is 3.20. The van der Waals surface area contributed by atoms with E-state index in [1.165, 1.54) is 31.5 Å². The molecule has 2 fully saturated rings. The molecule has 3 nitrogen and oxygen atoms in total. The number of methoxy groups -OCH3 is 1. The molecular formula is C15H25NO2S2. The molecule has 20 heavy (non-hydrogen) atoms. The zero-order valence-electron chi connectivity index (χ0n) is 12.4. The van der Waals surface area contributed by atoms with E-state index in [-0.39, 0.29) is 16.1 Å². The van der Waals surface area contributed by atoms with Gasteiger partial charge < -0.3 is 4.74 Å². The first kappa shape index (κ1) is 16.2. The molecule has 2 aliphatic heterocycles. The first-order chi connectivity index (χ1) is 9.69. The van der Waals surface area contributed by atoms with Gasteiger partial charge >= 0.3 is 5.97 Å². The van der Waals surface area contributed by atoms with Gasteiger partial charge in [-0.2, -0.15) is 0 Å². The van der Waals surface area contributed by atoms with Crippen molar-refractivity contribution in [1.29, 1.82) is 0 Å². The number of rotatable bonds is 5. The minimum Gasteiger partial charge on any atom is -0.468 e. The van der Waals surface area contributed by atoms with Gasteiger partial charge in [0, 0.05) is 17.5 Å². The number of unbranched alkanes of at least 4 members (excludes halogenated alkanes) is 2. The van der Waals surface area contributed by atoms with Crippen LogP contribution in [0.3, 0.4) is 0 Å². The van der Waals surface area contributed by atoms with Gasteiger partial charge in [0.05, 0.1) is 11.2 Å². The molecule has 2 aliphatic rings. The maximum absolute atomic E-state index is 11.9. The summed E-state index contributed by atoms with van der Waals surface area (Å²) in [5.41, 5.74) is 0. The number of hydrogen-bond donors (Lipinski definition) is 1. The fourth-order valence-corrected chi connectivity index (χ4v) is 6.25. The molecule has 0 radical (unpaired) electrons. The molecule has 0 saturated carbocycles. The molecule has 0 bridgehead atoms. The van der Waals surface area contributed by atoms with Crippen LogP contribution >= 0.6 is 23.5 Å². The molecule has 0 aromatic rings. The van der Waals surface area contributed by atoms with E-state index in [2.05, 4.69) is 24.4 Å². The third-order valence-electron chi connectivity index (χ3n) is 3.85. The Morgan fingerprint density at radius 3 is 2.80 bits per heavy atom. The quantitative estimate of drug-likeness (QED) is 0.479. The number of carbonyl (C=O) groups excluding carboxylic acids is 1. The first-order valence-electron chi connectivity index (χ1n) is 7.47. The Bertz CT molecular complexity index is 354. The van der Waals surface area contributed by atoms with Crippen LogP contribution in [0.1, 0.15) is 39.0 Å². The van der Waals surface area contributed by atoms with E-state index in [9.17, 15) is 4.79 Å². The molecule has 2 atom stereocenters. The average Bonchev–Trinajstić information content (AvgIpc) is 2.90. The van der Waals surface area contributed by atoms with Crippen molar-refractivity contribution in [2.24, 2.45) is 0 Å². The fourth-order valence-electron chi connectivity index (χ4n) is 2.84. The van der Waals surface area contributed by atoms with Crippen LogP contribution in [0, 0.1) is 0 Å². The maximum atomic E-state index is 11.9. The van der Waals surface area contributed by atoms with Gasteiger partial charge in [-0.05, 0) is 19.3 Å². The lowest BCUT2D eigenvalue weighted by Crippen LogP contribution is -2.53. The number of carbonyl (C=O) groups is 1. The number of thioether (sulfide) groups is 2. The highest BCUT2D eigenvalue weighted by Crippen LogP contribution is 2.52. The van der Waals surface area contributed by atoms with Crippen molar-refractivity contribution >= 4 is 29.5 Å². The smallest absolute Gasteiger partial charge is 0.322 e. The molecule has 2 saturated heterocycles. The maximum Gasteiger partial charge on any atom is 0.322 e. The Morgan fingerprint density at radius 2 is 2.15 bits per heavy atom. The number of esters is 1. The number of allylic oxidation sites excluding steroid dienone is 1. The van der Waals surface area contributed by atoms with E-state index in [0.717, 1.165) is 19.3 Å². The monoisotopic (exact) mass is 315 g/mol. The van der Waals surface area contributed by atoms with E-state index >= 15 is 0 Å². The summed E-state index contributed by atoms with van der Waals surface area (Å²) in [5, 5.41) is 3.44. The zero-order chi connectivity index (χ0) is 14.4. The molecule has 0 aromatic carbocycles. The molecule has 2 rings (SSSR count). The van der Waals surface area contributed by atoms with Crippen molar-refractivity contribution in [3.63, 3.8) is 0 Å². The summed E-state index contributed by atoms with van der Waals surface area (Å²) < 4.78 is 5.15. The third-order valence-corrected chi connectivity index (χ3v) is 7.35. The summed E-state index contributed by atoms with van der Waals surface area (Å²) in [7, 11) is 1.48. The second-order valence-electron chi connectivity index (χ2n) is 5.44. The van der Waals surface area contributed by atoms with Crippen LogP contribution in [0.2, 0.25) is 0 Å². The Hall–Kier alpha value is -0.130. The van der Waals surface area contributed by atoms with Gasteiger partial charge in [-0.1, -0.05) is 31.9 Å². The van der Waals surface area contributed by atoms with E-state index in [1.54, 1.807) is 0 Å². The van der Waals surface area contributed by atoms with Gasteiger partial charge in [0.15, 0.2) is 0 Å². The van der Waals surface area contributed by atoms with Crippen molar-refractivity contribution in [1.82, 2.24) is 5.32 Å². The second-order valence-corrected chi connectivity index (χ2v) is 8.65. The van der Waals surface area contributed by atoms with E-state index in [1.807, 2.05) is 23.5 Å². The van der Waals surface area contributed by atoms with E-state index in [0.29, 0.717) is 6.04 Å². The largest absolute Gasteiger partial charge is 0.468 e. The lowest BCUT2D eigenvalue weighted by atomic mass is 9.96. The van der Waals surface area contributed by atoms with Crippen molar-refractivity contribution in [2.75, 3.05) is 18.6 Å². The van der Waals surface area contributed by atoms with Crippen LogP contribution in [-0.4, -0.2) is 40.7 Å². The first-order valence-corrected chi connectivity index (χ1v) is 9.44. The SMILES string of the molecule is CCCC/C=C/[C@H]1CC2(C[C@@H](C(=O)OC)N1)SCCS2. The fraction of sp³-hybridized carbons (Fsp3) is 0.800. The lowest BCUT2D eigenvalue weighted by molar-refractivity contribution is -0.144. The van der Waals surface area contributed by atoms with Gasteiger partial charge in [0.2, 0.25) is 0 Å². The topological polar surface area (TPSA) is 38.3 Å². The van der Waals surface area contributed by atoms with E-state index in [4.69, 9.17) is 4.74 Å². The summed E-state index contributed by atoms with van der Waals surface area (Å²) in [6.45, 7) is 2.21. The van der Waals surface area contributed by atoms with Crippen LogP contribution < -0.4 is 5.32 Å². The number of hydrogen-bond acceptors (Lipinski definition) is 5. The zero-order valence-corrected chi connectivity index (χ0v) is 14.0. The van der Waals surface area contributed by atoms with Gasteiger partial charge in [0.1, 0.15) is 6.04 Å². The minimum atomic E-state index is -0.160. The average molecular weight is 316 g/mol. The Labute approximate surface area is 130 Å². The predicted molar refractivity (Wildman–Crippen MR) is 88.3 cm³/mol. The number of piperidine rings is 1. The van der Waals surface area contributed by atoms with Crippen molar-refractivity contribution in [2.45, 2.75) is 55.2 Å². The molecule has 0 aliphatic carbocycles. The Morgan fingerprint density at radius 1 is 1.40 bits per heavy atom. The van der Waals surface area contributed by atoms with Crippen LogP contribution in [0.15, 0.2) is 12.2 Å². The van der Waals surface area contributed by atoms with E-state index < -0.39 is 0 Å². The lowest BCUT2D eigenvalue weighted by Gasteiger charge is -2.40. The van der Waals surface area contributed by atoms with Crippen LogP contribution in [0.4, 0.5) is 0 Å². The summed E-state index contributed by atoms with van der Waals surface area (Å²) in [6.07, 6.45) is 10.1. The Kier molecular flexibility index (Phi) is 6.30. The van der Waals surface area contributed by atoms with Crippen molar-refractivity contribution in [3.05, 3.63) is 12.2 Å². The molecule has 1 N–H and O–H groups in total. The van der Waals surface area contributed by atoms with Gasteiger partial charge in [-0.3, -0.25) is 10.1 Å². The van der Waals surface area contributed by atoms with Crippen molar-refractivity contribution < 1.29 is 9.53 Å². The van der Waals surface area contributed by atoms with Crippen LogP contribution in [-0.2, 0) is 9.53 Å². The second kappa shape index (κ2) is 7.76. The van der Waals surface area contributed by atoms with Gasteiger partial charge in [-0.25, -0.2) is 0 Å². The normalized spacial score (nSPS) is 29.1. The number of nitrogens with one attached hydrogen (secondary N) is 1. The molecule has 114 valence electrons. The summed E-state index contributed by atoms with van der Waals surface area (Å²) >= 11 is 4.05. The molecule has 0 unspecified atom stereocenters. The molecule has 1 spiro atoms. The summed E-state index contributed by atoms with van der Waals surface area (Å²) in [6, 6.07) is 0.135. The standard InChI is InChI=1S/C15H25NO2S2/c1-3-4-5-6-7-12-10-15(19-8-9-20-15)11-13(16-12)14(17)18-2/h6-7,12-13,16H,3-5,8-11H2,1-2H3/b7-6+/t12-,13-/m0/s1. The Balaban J connectivity index is 2.00. The highest BCUT2D eigenvalue weighted by molar-refractivity contribution is 8.21.